The number of benzene rings is 1. The first kappa shape index (κ1) is 12.8. The standard InChI is InChI=1S/C13H13ClN2O2/c14-13(18)11(15)6-9(17)5-8-7-16-12-4-2-1-3-10(8)12/h1-4,7,11,16H,5-6,15H2. The maximum Gasteiger partial charge on any atom is 0.238 e. The lowest BCUT2D eigenvalue weighted by molar-refractivity contribution is -0.121. The fourth-order valence-electron chi connectivity index (χ4n) is 1.89. The van der Waals surface area contributed by atoms with Gasteiger partial charge in [-0.1, -0.05) is 18.2 Å². The molecule has 18 heavy (non-hydrogen) atoms. The molecule has 0 saturated heterocycles. The summed E-state index contributed by atoms with van der Waals surface area (Å²) in [4.78, 5) is 25.6. The minimum absolute atomic E-state index is 0.0260. The van der Waals surface area contributed by atoms with Crippen molar-refractivity contribution >= 4 is 33.5 Å². The number of nitrogens with one attached hydrogen (secondary N) is 1. The first-order valence-electron chi connectivity index (χ1n) is 5.59. The van der Waals surface area contributed by atoms with Gasteiger partial charge in [-0.25, -0.2) is 0 Å². The van der Waals surface area contributed by atoms with Gasteiger partial charge in [0.15, 0.2) is 0 Å². The van der Waals surface area contributed by atoms with E-state index in [0.29, 0.717) is 0 Å². The van der Waals surface area contributed by atoms with Crippen molar-refractivity contribution in [2.24, 2.45) is 5.73 Å². The van der Waals surface area contributed by atoms with Crippen LogP contribution in [0.2, 0.25) is 0 Å². The Morgan fingerprint density at radius 2 is 2.06 bits per heavy atom. The van der Waals surface area contributed by atoms with E-state index in [1.165, 1.54) is 0 Å². The van der Waals surface area contributed by atoms with E-state index in [1.54, 1.807) is 6.20 Å². The molecule has 1 unspecified atom stereocenters. The lowest BCUT2D eigenvalue weighted by Gasteiger charge is -2.04. The second-order valence-corrected chi connectivity index (χ2v) is 4.56. The van der Waals surface area contributed by atoms with Crippen molar-refractivity contribution < 1.29 is 9.59 Å². The number of nitrogens with two attached hydrogens (primary N) is 1. The normalized spacial score (nSPS) is 12.6. The number of fused-ring (bicyclic) bond motifs is 1. The zero-order chi connectivity index (χ0) is 13.1. The Bertz CT molecular complexity index is 591. The molecule has 4 nitrogen and oxygen atoms in total. The van der Waals surface area contributed by atoms with Crippen molar-refractivity contribution in [2.45, 2.75) is 18.9 Å². The van der Waals surface area contributed by atoms with Crippen LogP contribution in [0.1, 0.15) is 12.0 Å². The van der Waals surface area contributed by atoms with Crippen molar-refractivity contribution in [3.8, 4) is 0 Å². The topological polar surface area (TPSA) is 76.0 Å². The van der Waals surface area contributed by atoms with Gasteiger partial charge in [0, 0.05) is 29.9 Å². The number of halogens is 1. The third-order valence-electron chi connectivity index (χ3n) is 2.80. The average molecular weight is 265 g/mol. The highest BCUT2D eigenvalue weighted by Gasteiger charge is 2.16. The van der Waals surface area contributed by atoms with Gasteiger partial charge in [-0.05, 0) is 23.2 Å². The maximum atomic E-state index is 11.8. The van der Waals surface area contributed by atoms with E-state index in [1.807, 2.05) is 24.3 Å². The Labute approximate surface area is 109 Å². The Balaban J connectivity index is 2.10. The van der Waals surface area contributed by atoms with Crippen LogP contribution in [0.25, 0.3) is 10.9 Å². The molecule has 1 aromatic heterocycles. The number of carbonyl (C=O) groups excluding carboxylic acids is 2. The summed E-state index contributed by atoms with van der Waals surface area (Å²) in [6, 6.07) is 6.81. The number of rotatable bonds is 5. The van der Waals surface area contributed by atoms with Crippen LogP contribution in [0.4, 0.5) is 0 Å². The Kier molecular flexibility index (Phi) is 3.79. The van der Waals surface area contributed by atoms with E-state index in [0.717, 1.165) is 16.5 Å². The third kappa shape index (κ3) is 2.78. The molecule has 0 saturated carbocycles. The Morgan fingerprint density at radius 3 is 2.78 bits per heavy atom. The van der Waals surface area contributed by atoms with Crippen molar-refractivity contribution in [2.75, 3.05) is 0 Å². The van der Waals surface area contributed by atoms with E-state index in [-0.39, 0.29) is 18.6 Å². The number of Topliss-reactive ketones (excluding diaryl/α,β-unsaturated/α-hetero) is 1. The van der Waals surface area contributed by atoms with Crippen LogP contribution in [-0.4, -0.2) is 22.1 Å². The minimum Gasteiger partial charge on any atom is -0.361 e. The molecule has 0 aliphatic rings. The molecule has 94 valence electrons. The number of hydrogen-bond acceptors (Lipinski definition) is 3. The number of ketones is 1. The predicted octanol–water partition coefficient (Wildman–Crippen LogP) is 1.76. The Morgan fingerprint density at radius 1 is 1.33 bits per heavy atom. The quantitative estimate of drug-likeness (QED) is 0.808. The van der Waals surface area contributed by atoms with Crippen LogP contribution in [0.5, 0.6) is 0 Å². The molecule has 0 bridgehead atoms. The summed E-state index contributed by atoms with van der Waals surface area (Å²) in [5, 5.41) is 0.332. The van der Waals surface area contributed by atoms with Gasteiger partial charge in [-0.15, -0.1) is 0 Å². The van der Waals surface area contributed by atoms with Gasteiger partial charge in [0.1, 0.15) is 5.78 Å². The zero-order valence-electron chi connectivity index (χ0n) is 9.65. The van der Waals surface area contributed by atoms with E-state index in [9.17, 15) is 9.59 Å². The lowest BCUT2D eigenvalue weighted by Crippen LogP contribution is -2.30. The van der Waals surface area contributed by atoms with Gasteiger partial charge in [0.05, 0.1) is 6.04 Å². The van der Waals surface area contributed by atoms with Gasteiger partial charge >= 0.3 is 0 Å². The van der Waals surface area contributed by atoms with Crippen molar-refractivity contribution in [3.05, 3.63) is 36.0 Å². The third-order valence-corrected chi connectivity index (χ3v) is 3.08. The first-order valence-corrected chi connectivity index (χ1v) is 5.97. The fraction of sp³-hybridized carbons (Fsp3) is 0.231. The number of carbonyl (C=O) groups is 2. The summed E-state index contributed by atoms with van der Waals surface area (Å²) in [7, 11) is 0. The van der Waals surface area contributed by atoms with Crippen LogP contribution < -0.4 is 5.73 Å². The smallest absolute Gasteiger partial charge is 0.238 e. The summed E-state index contributed by atoms with van der Waals surface area (Å²) in [6.45, 7) is 0. The monoisotopic (exact) mass is 264 g/mol. The second kappa shape index (κ2) is 5.33. The highest BCUT2D eigenvalue weighted by Crippen LogP contribution is 2.18. The van der Waals surface area contributed by atoms with Crippen LogP contribution in [0.3, 0.4) is 0 Å². The van der Waals surface area contributed by atoms with E-state index in [4.69, 9.17) is 17.3 Å². The van der Waals surface area contributed by atoms with Crippen LogP contribution >= 0.6 is 11.6 Å². The molecule has 1 atom stereocenters. The van der Waals surface area contributed by atoms with Crippen LogP contribution in [-0.2, 0) is 16.0 Å². The van der Waals surface area contributed by atoms with E-state index < -0.39 is 11.3 Å². The largest absolute Gasteiger partial charge is 0.361 e. The summed E-state index contributed by atoms with van der Waals surface area (Å²) in [5.41, 5.74) is 7.34. The second-order valence-electron chi connectivity index (χ2n) is 4.19. The summed E-state index contributed by atoms with van der Waals surface area (Å²) in [6.07, 6.45) is 2.03. The SMILES string of the molecule is NC(CC(=O)Cc1c[nH]c2ccccc12)C(=O)Cl. The molecular weight excluding hydrogens is 252 g/mol. The van der Waals surface area contributed by atoms with Crippen molar-refractivity contribution in [1.29, 1.82) is 0 Å². The molecule has 2 rings (SSSR count). The molecule has 0 spiro atoms. The summed E-state index contributed by atoms with van der Waals surface area (Å²) < 4.78 is 0. The minimum atomic E-state index is -0.913. The number of aromatic nitrogens is 1. The first-order chi connectivity index (χ1) is 8.58. The van der Waals surface area contributed by atoms with Gasteiger partial charge in [0.2, 0.25) is 5.24 Å². The van der Waals surface area contributed by atoms with E-state index >= 15 is 0 Å². The van der Waals surface area contributed by atoms with Gasteiger partial charge in [0.25, 0.3) is 0 Å². The number of para-hydroxylation sites is 1. The van der Waals surface area contributed by atoms with Crippen LogP contribution in [0, 0.1) is 0 Å². The fourth-order valence-corrected chi connectivity index (χ4v) is 1.97. The molecule has 0 amide bonds. The van der Waals surface area contributed by atoms with Gasteiger partial charge < -0.3 is 10.7 Å². The average Bonchev–Trinajstić information content (AvgIpc) is 2.72. The highest BCUT2D eigenvalue weighted by molar-refractivity contribution is 6.64. The van der Waals surface area contributed by atoms with Crippen LogP contribution in [0.15, 0.2) is 30.5 Å². The molecule has 2 aromatic rings. The molecule has 5 heteroatoms. The van der Waals surface area contributed by atoms with Crippen molar-refractivity contribution in [3.63, 3.8) is 0 Å². The number of hydrogen-bond donors (Lipinski definition) is 2. The van der Waals surface area contributed by atoms with Crippen molar-refractivity contribution in [1.82, 2.24) is 4.98 Å². The van der Waals surface area contributed by atoms with Gasteiger partial charge in [-0.2, -0.15) is 0 Å². The maximum absolute atomic E-state index is 11.8. The molecule has 0 aliphatic heterocycles. The Hall–Kier alpha value is -1.65. The summed E-state index contributed by atoms with van der Waals surface area (Å²) >= 11 is 5.23. The van der Waals surface area contributed by atoms with Gasteiger partial charge in [-0.3, -0.25) is 9.59 Å². The molecule has 0 aliphatic carbocycles. The highest BCUT2D eigenvalue weighted by atomic mass is 35.5. The molecular formula is C13H13ClN2O2. The van der Waals surface area contributed by atoms with E-state index in [2.05, 4.69) is 4.98 Å². The molecule has 0 fully saturated rings. The molecule has 0 radical (unpaired) electrons. The molecule has 1 aromatic carbocycles. The summed E-state index contributed by atoms with van der Waals surface area (Å²) in [5.74, 6) is -0.0961. The number of aromatic amines is 1. The lowest BCUT2D eigenvalue weighted by atomic mass is 10.0. The predicted molar refractivity (Wildman–Crippen MR) is 70.5 cm³/mol. The number of H-pyrrole nitrogens is 1. The zero-order valence-corrected chi connectivity index (χ0v) is 10.4. The molecule has 1 heterocycles. The molecule has 3 N–H and O–H groups in total.